The molecule has 2 amide bonds. The van der Waals surface area contributed by atoms with Gasteiger partial charge in [-0.1, -0.05) is 77.8 Å². The van der Waals surface area contributed by atoms with Crippen LogP contribution in [-0.2, 0) is 26.2 Å². The molecule has 1 N–H and O–H groups in total. The van der Waals surface area contributed by atoms with E-state index in [9.17, 15) is 18.0 Å². The van der Waals surface area contributed by atoms with Crippen molar-refractivity contribution in [2.45, 2.75) is 71.0 Å². The highest BCUT2D eigenvalue weighted by molar-refractivity contribution is 9.10. The van der Waals surface area contributed by atoms with E-state index in [1.54, 1.807) is 48.5 Å². The highest BCUT2D eigenvalue weighted by Crippen LogP contribution is 2.27. The van der Waals surface area contributed by atoms with Gasteiger partial charge in [-0.05, 0) is 75.1 Å². The van der Waals surface area contributed by atoms with Gasteiger partial charge in [-0.25, -0.2) is 8.42 Å². The van der Waals surface area contributed by atoms with E-state index in [1.807, 2.05) is 58.9 Å². The Morgan fingerprint density at radius 1 is 0.925 bits per heavy atom. The molecule has 7 nitrogen and oxygen atoms in total. The average Bonchev–Trinajstić information content (AvgIpc) is 2.92. The van der Waals surface area contributed by atoms with Crippen LogP contribution < -0.4 is 9.62 Å². The summed E-state index contributed by atoms with van der Waals surface area (Å²) in [7, 11) is -4.11. The summed E-state index contributed by atoms with van der Waals surface area (Å²) in [5.41, 5.74) is 3.14. The molecule has 9 heteroatoms. The maximum atomic E-state index is 14.1. The van der Waals surface area contributed by atoms with Crippen molar-refractivity contribution in [3.05, 3.63) is 94.0 Å². The molecule has 0 unspecified atom stereocenters. The Morgan fingerprint density at radius 2 is 1.60 bits per heavy atom. The lowest BCUT2D eigenvalue weighted by Gasteiger charge is -2.34. The smallest absolute Gasteiger partial charge is 0.264 e. The Bertz CT molecular complexity index is 1430. The van der Waals surface area contributed by atoms with Crippen LogP contribution in [0, 0.1) is 13.8 Å². The standard InChI is InChI=1S/C31H38BrN3O4S/c1-6-24(5)33-31(37)29(7-2)34(20-25-12-9-8-11-23(25)4)30(36)21-35(27-14-10-13-26(32)19-27)40(38,39)28-17-15-22(3)16-18-28/h8-19,24,29H,6-7,20-21H2,1-5H3,(H,33,37)/t24-,29+/m0/s1. The lowest BCUT2D eigenvalue weighted by molar-refractivity contribution is -0.140. The molecule has 3 aromatic rings. The van der Waals surface area contributed by atoms with Crippen LogP contribution in [0.2, 0.25) is 0 Å². The first kappa shape index (κ1) is 31.4. The van der Waals surface area contributed by atoms with Crippen molar-refractivity contribution in [3.63, 3.8) is 0 Å². The predicted molar refractivity (Wildman–Crippen MR) is 164 cm³/mol. The Labute approximate surface area is 246 Å². The number of benzene rings is 3. The van der Waals surface area contributed by atoms with E-state index >= 15 is 0 Å². The number of carbonyl (C=O) groups is 2. The van der Waals surface area contributed by atoms with E-state index < -0.39 is 28.5 Å². The number of hydrogen-bond donors (Lipinski definition) is 1. The van der Waals surface area contributed by atoms with Crippen LogP contribution in [0.3, 0.4) is 0 Å². The summed E-state index contributed by atoms with van der Waals surface area (Å²) in [6.45, 7) is 9.29. The number of hydrogen-bond acceptors (Lipinski definition) is 4. The van der Waals surface area contributed by atoms with Crippen LogP contribution in [0.25, 0.3) is 0 Å². The number of aryl methyl sites for hydroxylation is 2. The van der Waals surface area contributed by atoms with Crippen molar-refractivity contribution in [1.29, 1.82) is 0 Å². The molecule has 0 heterocycles. The average molecular weight is 629 g/mol. The van der Waals surface area contributed by atoms with Gasteiger partial charge in [0.15, 0.2) is 0 Å². The van der Waals surface area contributed by atoms with Gasteiger partial charge in [0.1, 0.15) is 12.6 Å². The third-order valence-corrected chi connectivity index (χ3v) is 9.25. The van der Waals surface area contributed by atoms with Gasteiger partial charge in [-0.3, -0.25) is 13.9 Å². The van der Waals surface area contributed by atoms with Crippen LogP contribution in [0.1, 0.15) is 50.3 Å². The van der Waals surface area contributed by atoms with Crippen LogP contribution >= 0.6 is 15.9 Å². The second-order valence-corrected chi connectivity index (χ2v) is 12.8. The number of carbonyl (C=O) groups excluding carboxylic acids is 2. The van der Waals surface area contributed by atoms with Gasteiger partial charge >= 0.3 is 0 Å². The Balaban J connectivity index is 2.07. The van der Waals surface area contributed by atoms with E-state index in [4.69, 9.17) is 0 Å². The molecule has 40 heavy (non-hydrogen) atoms. The molecule has 2 atom stereocenters. The molecule has 0 saturated heterocycles. The monoisotopic (exact) mass is 627 g/mol. The summed E-state index contributed by atoms with van der Waals surface area (Å²) in [6.07, 6.45) is 1.13. The lowest BCUT2D eigenvalue weighted by Crippen LogP contribution is -2.53. The molecule has 0 fully saturated rings. The van der Waals surface area contributed by atoms with Crippen molar-refractivity contribution in [3.8, 4) is 0 Å². The van der Waals surface area contributed by atoms with Gasteiger partial charge < -0.3 is 10.2 Å². The summed E-state index contributed by atoms with van der Waals surface area (Å²) in [4.78, 5) is 29.1. The van der Waals surface area contributed by atoms with Crippen molar-refractivity contribution < 1.29 is 18.0 Å². The highest BCUT2D eigenvalue weighted by Gasteiger charge is 2.34. The van der Waals surface area contributed by atoms with E-state index in [2.05, 4.69) is 21.2 Å². The molecule has 214 valence electrons. The van der Waals surface area contributed by atoms with Crippen LogP contribution in [-0.4, -0.2) is 43.8 Å². The fourth-order valence-electron chi connectivity index (χ4n) is 4.33. The molecule has 0 aliphatic heterocycles. The Hall–Kier alpha value is -3.17. The summed E-state index contributed by atoms with van der Waals surface area (Å²) >= 11 is 3.42. The minimum absolute atomic E-state index is 0.0583. The first-order valence-corrected chi connectivity index (χ1v) is 15.7. The van der Waals surface area contributed by atoms with Crippen LogP contribution in [0.15, 0.2) is 82.2 Å². The van der Waals surface area contributed by atoms with Gasteiger partial charge in [0.05, 0.1) is 10.6 Å². The van der Waals surface area contributed by atoms with Crippen LogP contribution in [0.4, 0.5) is 5.69 Å². The van der Waals surface area contributed by atoms with Crippen molar-refractivity contribution in [1.82, 2.24) is 10.2 Å². The van der Waals surface area contributed by atoms with Crippen LogP contribution in [0.5, 0.6) is 0 Å². The molecule has 0 aromatic heterocycles. The van der Waals surface area contributed by atoms with E-state index in [0.29, 0.717) is 16.6 Å². The zero-order valence-corrected chi connectivity index (χ0v) is 26.1. The van der Waals surface area contributed by atoms with Gasteiger partial charge in [-0.2, -0.15) is 0 Å². The zero-order chi connectivity index (χ0) is 29.4. The van der Waals surface area contributed by atoms with Gasteiger partial charge in [-0.15, -0.1) is 0 Å². The fourth-order valence-corrected chi connectivity index (χ4v) is 6.12. The first-order chi connectivity index (χ1) is 19.0. The first-order valence-electron chi connectivity index (χ1n) is 13.5. The molecule has 0 aliphatic carbocycles. The van der Waals surface area contributed by atoms with Gasteiger partial charge in [0.25, 0.3) is 10.0 Å². The molecule has 0 aliphatic rings. The van der Waals surface area contributed by atoms with Crippen molar-refractivity contribution in [2.75, 3.05) is 10.8 Å². The molecular weight excluding hydrogens is 590 g/mol. The molecule has 3 aromatic carbocycles. The fraction of sp³-hybridized carbons (Fsp3) is 0.355. The highest BCUT2D eigenvalue weighted by atomic mass is 79.9. The SMILES string of the molecule is CC[C@H](C(=O)N[C@@H](C)CC)N(Cc1ccccc1C)C(=O)CN(c1cccc(Br)c1)S(=O)(=O)c1ccc(C)cc1. The Kier molecular flexibility index (Phi) is 10.9. The number of rotatable bonds is 12. The number of halogens is 1. The van der Waals surface area contributed by atoms with E-state index in [0.717, 1.165) is 27.4 Å². The molecule has 0 saturated carbocycles. The zero-order valence-electron chi connectivity index (χ0n) is 23.7. The van der Waals surface area contributed by atoms with Gasteiger partial charge in [0, 0.05) is 17.1 Å². The molecule has 0 spiro atoms. The number of sulfonamides is 1. The number of anilines is 1. The minimum Gasteiger partial charge on any atom is -0.352 e. The molecule has 0 bridgehead atoms. The third kappa shape index (κ3) is 7.73. The summed E-state index contributed by atoms with van der Waals surface area (Å²) in [5.74, 6) is -0.723. The Morgan fingerprint density at radius 3 is 2.20 bits per heavy atom. The second-order valence-electron chi connectivity index (χ2n) is 9.99. The van der Waals surface area contributed by atoms with Crippen molar-refractivity contribution >= 4 is 43.5 Å². The summed E-state index contributed by atoms with van der Waals surface area (Å²) < 4.78 is 29.7. The molecular formula is C31H38BrN3O4S. The normalized spacial score (nSPS) is 12.8. The lowest BCUT2D eigenvalue weighted by atomic mass is 10.1. The number of nitrogens with one attached hydrogen (secondary N) is 1. The maximum absolute atomic E-state index is 14.1. The van der Waals surface area contributed by atoms with Gasteiger partial charge in [0.2, 0.25) is 11.8 Å². The second kappa shape index (κ2) is 13.9. The maximum Gasteiger partial charge on any atom is 0.264 e. The largest absolute Gasteiger partial charge is 0.352 e. The topological polar surface area (TPSA) is 86.8 Å². The predicted octanol–water partition coefficient (Wildman–Crippen LogP) is 5.98. The quantitative estimate of drug-likeness (QED) is 0.267. The number of amides is 2. The van der Waals surface area contributed by atoms with E-state index in [1.165, 1.54) is 4.90 Å². The van der Waals surface area contributed by atoms with Crippen molar-refractivity contribution in [2.24, 2.45) is 0 Å². The minimum atomic E-state index is -4.11. The number of nitrogens with zero attached hydrogens (tertiary/aromatic N) is 2. The summed E-state index contributed by atoms with van der Waals surface area (Å²) in [6, 6.07) is 20.2. The third-order valence-electron chi connectivity index (χ3n) is 6.97. The molecule has 3 rings (SSSR count). The molecule has 0 radical (unpaired) electrons. The summed E-state index contributed by atoms with van der Waals surface area (Å²) in [5, 5.41) is 3.00. The van der Waals surface area contributed by atoms with E-state index in [-0.39, 0.29) is 23.4 Å².